The summed E-state index contributed by atoms with van der Waals surface area (Å²) in [4.78, 5) is 38.8. The number of amides is 3. The van der Waals surface area contributed by atoms with E-state index in [9.17, 15) is 39.9 Å². The summed E-state index contributed by atoms with van der Waals surface area (Å²) >= 11 is 5.37. The molecule has 1 aromatic rings. The summed E-state index contributed by atoms with van der Waals surface area (Å²) in [6.45, 7) is -1.03. The number of rotatable bonds is 14. The Balaban J connectivity index is 3.60. The predicted octanol–water partition coefficient (Wildman–Crippen LogP) is -1.51. The smallest absolute Gasteiger partial charge is 0.253 e. The number of anilines is 1. The summed E-state index contributed by atoms with van der Waals surface area (Å²) in [7, 11) is 0. The zero-order valence-corrected chi connectivity index (χ0v) is 26.1. The van der Waals surface area contributed by atoms with Crippen LogP contribution in [-0.4, -0.2) is 110 Å². The molecule has 13 nitrogen and oxygen atoms in total. The third-order valence-corrected chi connectivity index (χ3v) is 8.28. The standard InChI is InChI=1S/C21H30I3N3O10/c1-8(32)19(35)27-18-16(23)13(20(36)25-9(4-28)2-11(33)6-30)15(22)14(17(18)24)21(37)26-10(5-29)3-12(34)7-31/h8-12,28-34H,2-7H2,1H3,(H,25,36)(H,26,37)(H,27,35). The lowest BCUT2D eigenvalue weighted by atomic mass is 10.0. The average Bonchev–Trinajstić information content (AvgIpc) is 2.84. The van der Waals surface area contributed by atoms with Crippen LogP contribution in [0.4, 0.5) is 5.69 Å². The fourth-order valence-electron chi connectivity index (χ4n) is 3.08. The van der Waals surface area contributed by atoms with Crippen molar-refractivity contribution < 1.29 is 50.1 Å². The largest absolute Gasteiger partial charge is 0.394 e. The van der Waals surface area contributed by atoms with Crippen LogP contribution in [0, 0.1) is 10.7 Å². The van der Waals surface area contributed by atoms with Gasteiger partial charge in [-0.1, -0.05) is 0 Å². The summed E-state index contributed by atoms with van der Waals surface area (Å²) in [5.41, 5.74) is -0.0178. The van der Waals surface area contributed by atoms with E-state index in [-0.39, 0.29) is 40.4 Å². The number of benzene rings is 1. The first-order valence-electron chi connectivity index (χ1n) is 10.9. The monoisotopic (exact) mass is 865 g/mol. The SMILES string of the molecule is CC(O)C(=O)Nc1c(I)c(C(=O)NC(CO)CC(O)CO)c(I)c(C(=O)NC(CO)CC(O)CO)c1I. The molecule has 10 N–H and O–H groups in total. The van der Waals surface area contributed by atoms with Crippen LogP contribution in [0.15, 0.2) is 0 Å². The lowest BCUT2D eigenvalue weighted by molar-refractivity contribution is -0.123. The number of carbonyl (C=O) groups is 3. The predicted molar refractivity (Wildman–Crippen MR) is 157 cm³/mol. The van der Waals surface area contributed by atoms with E-state index in [2.05, 4.69) is 16.0 Å². The van der Waals surface area contributed by atoms with Crippen molar-refractivity contribution in [3.05, 3.63) is 21.8 Å². The van der Waals surface area contributed by atoms with E-state index in [1.165, 1.54) is 6.92 Å². The molecule has 3 amide bonds. The topological polar surface area (TPSA) is 229 Å². The van der Waals surface area contributed by atoms with Gasteiger partial charge in [0.05, 0.1) is 74.7 Å². The number of aliphatic hydroxyl groups is 7. The van der Waals surface area contributed by atoms with Crippen molar-refractivity contribution in [3.8, 4) is 0 Å². The Kier molecular flexibility index (Phi) is 15.5. The molecule has 5 atom stereocenters. The highest BCUT2D eigenvalue weighted by atomic mass is 127. The van der Waals surface area contributed by atoms with E-state index in [4.69, 9.17) is 10.2 Å². The fourth-order valence-corrected chi connectivity index (χ4v) is 7.50. The van der Waals surface area contributed by atoms with Crippen LogP contribution in [-0.2, 0) is 4.79 Å². The quantitative estimate of drug-likeness (QED) is 0.0973. The number of hydrogen-bond donors (Lipinski definition) is 10. The Bertz CT molecular complexity index is 905. The highest BCUT2D eigenvalue weighted by Crippen LogP contribution is 2.36. The zero-order chi connectivity index (χ0) is 28.4. The van der Waals surface area contributed by atoms with E-state index < -0.39 is 74.5 Å². The maximum absolute atomic E-state index is 13.3. The van der Waals surface area contributed by atoms with Crippen LogP contribution in [0.2, 0.25) is 0 Å². The molecule has 37 heavy (non-hydrogen) atoms. The van der Waals surface area contributed by atoms with E-state index >= 15 is 0 Å². The van der Waals surface area contributed by atoms with Crippen LogP contribution in [0.1, 0.15) is 40.5 Å². The molecule has 0 radical (unpaired) electrons. The third kappa shape index (κ3) is 9.90. The van der Waals surface area contributed by atoms with Gasteiger partial charge in [0.15, 0.2) is 0 Å². The minimum atomic E-state index is -1.40. The molecule has 0 aliphatic heterocycles. The molecule has 0 spiro atoms. The first kappa shape index (κ1) is 34.6. The second-order valence-corrected chi connectivity index (χ2v) is 11.3. The van der Waals surface area contributed by atoms with E-state index in [0.717, 1.165) is 0 Å². The number of nitrogens with one attached hydrogen (secondary N) is 3. The Morgan fingerprint density at radius 3 is 1.38 bits per heavy atom. The normalized spacial score (nSPS) is 15.3. The molecule has 0 saturated carbocycles. The highest BCUT2D eigenvalue weighted by molar-refractivity contribution is 14.1. The Hall–Kier alpha value is -0.460. The van der Waals surface area contributed by atoms with E-state index in [1.54, 1.807) is 67.8 Å². The van der Waals surface area contributed by atoms with Crippen molar-refractivity contribution in [2.75, 3.05) is 31.7 Å². The Morgan fingerprint density at radius 2 is 1.08 bits per heavy atom. The van der Waals surface area contributed by atoms with Gasteiger partial charge in [-0.05, 0) is 87.5 Å². The first-order valence-corrected chi connectivity index (χ1v) is 14.2. The van der Waals surface area contributed by atoms with Crippen LogP contribution in [0.5, 0.6) is 0 Å². The van der Waals surface area contributed by atoms with E-state index in [1.807, 2.05) is 0 Å². The number of hydrogen-bond acceptors (Lipinski definition) is 10. The van der Waals surface area contributed by atoms with Crippen molar-refractivity contribution in [1.29, 1.82) is 0 Å². The van der Waals surface area contributed by atoms with Crippen LogP contribution >= 0.6 is 67.8 Å². The molecular formula is C21H30I3N3O10. The van der Waals surface area contributed by atoms with Crippen LogP contribution < -0.4 is 16.0 Å². The minimum absolute atomic E-state index is 0.0412. The minimum Gasteiger partial charge on any atom is -0.394 e. The molecule has 0 heterocycles. The van der Waals surface area contributed by atoms with Gasteiger partial charge < -0.3 is 51.7 Å². The van der Waals surface area contributed by atoms with Crippen molar-refractivity contribution in [2.24, 2.45) is 0 Å². The van der Waals surface area contributed by atoms with Crippen molar-refractivity contribution in [3.63, 3.8) is 0 Å². The van der Waals surface area contributed by atoms with Gasteiger partial charge in [-0.2, -0.15) is 0 Å². The molecule has 0 aliphatic rings. The average molecular weight is 865 g/mol. The first-order chi connectivity index (χ1) is 17.3. The van der Waals surface area contributed by atoms with Gasteiger partial charge in [0, 0.05) is 3.57 Å². The molecule has 0 fully saturated rings. The molecule has 0 aromatic heterocycles. The van der Waals surface area contributed by atoms with Gasteiger partial charge in [-0.3, -0.25) is 14.4 Å². The molecule has 1 aromatic carbocycles. The molecule has 0 bridgehead atoms. The third-order valence-electron chi connectivity index (χ3n) is 5.04. The highest BCUT2D eigenvalue weighted by Gasteiger charge is 2.31. The zero-order valence-electron chi connectivity index (χ0n) is 19.6. The van der Waals surface area contributed by atoms with Crippen molar-refractivity contribution in [1.82, 2.24) is 10.6 Å². The summed E-state index contributed by atoms with van der Waals surface area (Å²) in [5.74, 6) is -2.29. The summed E-state index contributed by atoms with van der Waals surface area (Å²) in [6, 6.07) is -1.88. The molecule has 210 valence electrons. The lowest BCUT2D eigenvalue weighted by Gasteiger charge is -2.24. The van der Waals surface area contributed by atoms with Gasteiger partial charge in [0.2, 0.25) is 0 Å². The van der Waals surface area contributed by atoms with Gasteiger partial charge in [-0.15, -0.1) is 0 Å². The Labute approximate surface area is 253 Å². The van der Waals surface area contributed by atoms with Gasteiger partial charge >= 0.3 is 0 Å². The summed E-state index contributed by atoms with van der Waals surface area (Å²) < 4.78 is 0.613. The second-order valence-electron chi connectivity index (χ2n) is 8.08. The molecule has 0 aliphatic carbocycles. The summed E-state index contributed by atoms with van der Waals surface area (Å²) in [5, 5.41) is 74.0. The van der Waals surface area contributed by atoms with Crippen molar-refractivity contribution >= 4 is 91.2 Å². The van der Waals surface area contributed by atoms with Crippen LogP contribution in [0.25, 0.3) is 0 Å². The van der Waals surface area contributed by atoms with Gasteiger partial charge in [0.25, 0.3) is 17.7 Å². The fraction of sp³-hybridized carbons (Fsp3) is 0.571. The van der Waals surface area contributed by atoms with Crippen LogP contribution in [0.3, 0.4) is 0 Å². The molecule has 1 rings (SSSR count). The number of aliphatic hydroxyl groups excluding tert-OH is 7. The molecule has 0 saturated heterocycles. The number of halogens is 3. The maximum atomic E-state index is 13.3. The lowest BCUT2D eigenvalue weighted by Crippen LogP contribution is -2.43. The van der Waals surface area contributed by atoms with Crippen molar-refractivity contribution in [2.45, 2.75) is 50.2 Å². The molecule has 16 heteroatoms. The van der Waals surface area contributed by atoms with Gasteiger partial charge in [-0.25, -0.2) is 0 Å². The van der Waals surface area contributed by atoms with Gasteiger partial charge in [0.1, 0.15) is 6.10 Å². The second kappa shape index (κ2) is 16.6. The van der Waals surface area contributed by atoms with E-state index in [0.29, 0.717) is 0 Å². The summed E-state index contributed by atoms with van der Waals surface area (Å²) in [6.07, 6.45) is -4.10. The Morgan fingerprint density at radius 1 is 0.703 bits per heavy atom. The molecular weight excluding hydrogens is 835 g/mol. The molecule has 5 unspecified atom stereocenters. The maximum Gasteiger partial charge on any atom is 0.253 e. The number of carbonyl (C=O) groups excluding carboxylic acids is 3.